The van der Waals surface area contributed by atoms with Crippen LogP contribution in [-0.2, 0) is 10.0 Å². The third kappa shape index (κ3) is 3.32. The van der Waals surface area contributed by atoms with Gasteiger partial charge in [-0.25, -0.2) is 8.42 Å². The molecule has 3 aliphatic rings. The van der Waals surface area contributed by atoms with Crippen LogP contribution in [-0.4, -0.2) is 69.5 Å². The number of rotatable bonds is 3. The lowest BCUT2D eigenvalue weighted by Crippen LogP contribution is -2.38. The van der Waals surface area contributed by atoms with Crippen LogP contribution in [0.25, 0.3) is 0 Å². The maximum absolute atomic E-state index is 13.2. The lowest BCUT2D eigenvalue weighted by atomic mass is 10.2. The molecule has 0 N–H and O–H groups in total. The van der Waals surface area contributed by atoms with Gasteiger partial charge in [-0.05, 0) is 58.8 Å². The highest BCUT2D eigenvalue weighted by atomic mass is 32.2. The van der Waals surface area contributed by atoms with Gasteiger partial charge in [0.2, 0.25) is 10.0 Å². The van der Waals surface area contributed by atoms with Gasteiger partial charge in [0.15, 0.2) is 0 Å². The van der Waals surface area contributed by atoms with E-state index in [1.54, 1.807) is 10.4 Å². The quantitative estimate of drug-likeness (QED) is 0.806. The Kier molecular flexibility index (Phi) is 4.65. The zero-order chi connectivity index (χ0) is 18.5. The summed E-state index contributed by atoms with van der Waals surface area (Å²) in [5.74, 6) is 0.508. The van der Waals surface area contributed by atoms with Crippen LogP contribution in [0.2, 0.25) is 0 Å². The summed E-state index contributed by atoms with van der Waals surface area (Å²) < 4.78 is 34.1. The summed E-state index contributed by atoms with van der Waals surface area (Å²) in [7, 11) is 0.734. The molecule has 2 atom stereocenters. The molecule has 6 nitrogen and oxygen atoms in total. The molecule has 0 radical (unpaired) electrons. The largest absolute Gasteiger partial charge is 0.489 e. The van der Waals surface area contributed by atoms with Crippen molar-refractivity contribution in [2.24, 2.45) is 0 Å². The molecule has 1 saturated carbocycles. The molecule has 26 heavy (non-hydrogen) atoms. The van der Waals surface area contributed by atoms with Crippen LogP contribution in [0, 0.1) is 0 Å². The van der Waals surface area contributed by atoms with E-state index in [0.717, 1.165) is 44.5 Å². The Labute approximate surface area is 156 Å². The number of nitrogens with zero attached hydrogens (tertiary/aromatic N) is 3. The summed E-state index contributed by atoms with van der Waals surface area (Å²) in [5, 5.41) is 0. The maximum Gasteiger partial charge on any atom is 0.247 e. The zero-order valence-electron chi connectivity index (χ0n) is 15.9. The van der Waals surface area contributed by atoms with Crippen LogP contribution in [0.5, 0.6) is 5.75 Å². The molecule has 0 spiro atoms. The van der Waals surface area contributed by atoms with Crippen molar-refractivity contribution in [1.82, 2.24) is 9.21 Å². The van der Waals surface area contributed by atoms with E-state index in [1.807, 2.05) is 19.1 Å². The van der Waals surface area contributed by atoms with E-state index < -0.39 is 10.0 Å². The Morgan fingerprint density at radius 3 is 2.54 bits per heavy atom. The lowest BCUT2D eigenvalue weighted by molar-refractivity contribution is 0.186. The molecule has 2 heterocycles. The van der Waals surface area contributed by atoms with Gasteiger partial charge in [0.05, 0.1) is 6.10 Å². The number of benzene rings is 1. The first-order valence-electron chi connectivity index (χ1n) is 9.60. The second-order valence-corrected chi connectivity index (χ2v) is 9.91. The van der Waals surface area contributed by atoms with E-state index in [0.29, 0.717) is 23.2 Å². The number of sulfonamides is 1. The molecule has 0 bridgehead atoms. The van der Waals surface area contributed by atoms with Gasteiger partial charge in [-0.3, -0.25) is 0 Å². The van der Waals surface area contributed by atoms with Crippen LogP contribution >= 0.6 is 0 Å². The average Bonchev–Trinajstić information content (AvgIpc) is 3.27. The fourth-order valence-corrected chi connectivity index (χ4v) is 5.77. The standard InChI is InChI=1S/C19H29N3O3S/c1-14-8-11-22(15-4-5-15)26(23,24)19-7-6-16(12-18(19)25-14)21-10-9-17(13-21)20(2)3/h6-7,12,14-15,17H,4-5,8-11,13H2,1-3H3/t14-,17+/m1/s1. The van der Waals surface area contributed by atoms with Crippen molar-refractivity contribution in [1.29, 1.82) is 0 Å². The van der Waals surface area contributed by atoms with Crippen LogP contribution in [0.4, 0.5) is 5.69 Å². The summed E-state index contributed by atoms with van der Waals surface area (Å²) in [6.45, 7) is 4.52. The summed E-state index contributed by atoms with van der Waals surface area (Å²) >= 11 is 0. The van der Waals surface area contributed by atoms with Crippen molar-refractivity contribution < 1.29 is 13.2 Å². The molecule has 1 saturated heterocycles. The van der Waals surface area contributed by atoms with Crippen LogP contribution < -0.4 is 9.64 Å². The minimum Gasteiger partial charge on any atom is -0.489 e. The fourth-order valence-electron chi connectivity index (χ4n) is 3.97. The fraction of sp³-hybridized carbons (Fsp3) is 0.684. The summed E-state index contributed by atoms with van der Waals surface area (Å²) in [5.41, 5.74) is 1.05. The molecule has 1 aromatic rings. The zero-order valence-corrected chi connectivity index (χ0v) is 16.7. The number of hydrogen-bond acceptors (Lipinski definition) is 5. The van der Waals surface area contributed by atoms with Gasteiger partial charge >= 0.3 is 0 Å². The summed E-state index contributed by atoms with van der Waals surface area (Å²) in [6, 6.07) is 6.33. The van der Waals surface area contributed by atoms with Crippen molar-refractivity contribution in [3.63, 3.8) is 0 Å². The van der Waals surface area contributed by atoms with Crippen molar-refractivity contribution in [2.75, 3.05) is 38.6 Å². The third-order valence-electron chi connectivity index (χ3n) is 5.81. The van der Waals surface area contributed by atoms with Gasteiger partial charge < -0.3 is 14.5 Å². The number of ether oxygens (including phenoxy) is 1. The molecular formula is C19H29N3O3S. The molecular weight excluding hydrogens is 350 g/mol. The maximum atomic E-state index is 13.2. The number of fused-ring (bicyclic) bond motifs is 1. The van der Waals surface area contributed by atoms with E-state index in [9.17, 15) is 8.42 Å². The van der Waals surface area contributed by atoms with Crippen molar-refractivity contribution in [2.45, 2.75) is 55.7 Å². The van der Waals surface area contributed by atoms with Crippen molar-refractivity contribution >= 4 is 15.7 Å². The summed E-state index contributed by atoms with van der Waals surface area (Å²) in [4.78, 5) is 4.90. The summed E-state index contributed by atoms with van der Waals surface area (Å²) in [6.07, 6.45) is 3.80. The van der Waals surface area contributed by atoms with Gasteiger partial charge in [0.1, 0.15) is 10.6 Å². The second-order valence-electron chi connectivity index (χ2n) is 8.05. The normalized spacial score (nSPS) is 29.2. The van der Waals surface area contributed by atoms with Gasteiger partial charge in [-0.2, -0.15) is 4.31 Å². The van der Waals surface area contributed by atoms with E-state index in [1.165, 1.54) is 0 Å². The SMILES string of the molecule is C[C@@H]1CCN(C2CC2)S(=O)(=O)c2ccc(N3CC[C@H](N(C)C)C3)cc2O1. The van der Waals surface area contributed by atoms with Crippen LogP contribution in [0.3, 0.4) is 0 Å². The molecule has 144 valence electrons. The Balaban J connectivity index is 1.67. The van der Waals surface area contributed by atoms with E-state index in [4.69, 9.17) is 4.74 Å². The molecule has 2 fully saturated rings. The average molecular weight is 380 g/mol. The van der Waals surface area contributed by atoms with Crippen LogP contribution in [0.15, 0.2) is 23.1 Å². The highest BCUT2D eigenvalue weighted by Gasteiger charge is 2.40. The monoisotopic (exact) mass is 379 g/mol. The van der Waals surface area contributed by atoms with Gasteiger partial charge in [-0.15, -0.1) is 0 Å². The predicted molar refractivity (Wildman–Crippen MR) is 102 cm³/mol. The molecule has 4 rings (SSSR count). The number of hydrogen-bond donors (Lipinski definition) is 0. The first-order valence-corrected chi connectivity index (χ1v) is 11.0. The molecule has 1 aliphatic carbocycles. The third-order valence-corrected chi connectivity index (χ3v) is 7.80. The molecule has 0 aromatic heterocycles. The first kappa shape index (κ1) is 18.1. The van der Waals surface area contributed by atoms with Crippen molar-refractivity contribution in [3.05, 3.63) is 18.2 Å². The Bertz CT molecular complexity index is 776. The van der Waals surface area contributed by atoms with Gasteiger partial charge in [0.25, 0.3) is 0 Å². The smallest absolute Gasteiger partial charge is 0.247 e. The molecule has 0 unspecified atom stereocenters. The molecule has 7 heteroatoms. The van der Waals surface area contributed by atoms with Gasteiger partial charge in [-0.1, -0.05) is 0 Å². The molecule has 2 aliphatic heterocycles. The van der Waals surface area contributed by atoms with Gasteiger partial charge in [0, 0.05) is 43.5 Å². The Hall–Kier alpha value is -1.31. The highest BCUT2D eigenvalue weighted by molar-refractivity contribution is 7.89. The van der Waals surface area contributed by atoms with E-state index >= 15 is 0 Å². The molecule has 0 amide bonds. The number of anilines is 1. The van der Waals surface area contributed by atoms with Crippen molar-refractivity contribution in [3.8, 4) is 5.75 Å². The molecule has 1 aromatic carbocycles. The number of likely N-dealkylation sites (N-methyl/N-ethyl adjacent to an activating group) is 1. The lowest BCUT2D eigenvalue weighted by Gasteiger charge is -2.30. The Morgan fingerprint density at radius 2 is 1.88 bits per heavy atom. The highest BCUT2D eigenvalue weighted by Crippen LogP contribution is 2.39. The second kappa shape index (κ2) is 6.69. The van der Waals surface area contributed by atoms with Crippen LogP contribution in [0.1, 0.15) is 32.6 Å². The van der Waals surface area contributed by atoms with E-state index in [2.05, 4.69) is 23.9 Å². The predicted octanol–water partition coefficient (Wildman–Crippen LogP) is 2.15. The minimum absolute atomic E-state index is 0.00820. The Morgan fingerprint density at radius 1 is 1.12 bits per heavy atom. The topological polar surface area (TPSA) is 53.1 Å². The minimum atomic E-state index is -3.49. The first-order chi connectivity index (χ1) is 12.4. The van der Waals surface area contributed by atoms with E-state index in [-0.39, 0.29) is 12.1 Å².